The van der Waals surface area contributed by atoms with Crippen LogP contribution in [0.25, 0.3) is 0 Å². The third kappa shape index (κ3) is 3.37. The van der Waals surface area contributed by atoms with E-state index in [0.29, 0.717) is 25.5 Å². The Bertz CT molecular complexity index is 706. The van der Waals surface area contributed by atoms with Crippen molar-refractivity contribution in [1.29, 1.82) is 0 Å². The van der Waals surface area contributed by atoms with Crippen LogP contribution in [0.3, 0.4) is 0 Å². The molecule has 7 nitrogen and oxygen atoms in total. The largest absolute Gasteiger partial charge is 0.379 e. The van der Waals surface area contributed by atoms with Gasteiger partial charge in [0.05, 0.1) is 19.4 Å². The fourth-order valence-electron chi connectivity index (χ4n) is 3.90. The van der Waals surface area contributed by atoms with E-state index in [1.165, 1.54) is 0 Å². The fourth-order valence-corrected chi connectivity index (χ4v) is 3.90. The topological polar surface area (TPSA) is 74.3 Å². The summed E-state index contributed by atoms with van der Waals surface area (Å²) in [7, 11) is 0. The van der Waals surface area contributed by atoms with Crippen LogP contribution in [-0.4, -0.2) is 65.2 Å². The SMILES string of the molecule is O=C(c1ccc[nH]1)N1CCCC2(COCCN(c3cnccn3)C2)C1. The number of anilines is 1. The summed E-state index contributed by atoms with van der Waals surface area (Å²) in [6.07, 6.45) is 9.03. The lowest BCUT2D eigenvalue weighted by Crippen LogP contribution is -2.52. The smallest absolute Gasteiger partial charge is 0.270 e. The van der Waals surface area contributed by atoms with Crippen molar-refractivity contribution in [2.75, 3.05) is 44.3 Å². The molecule has 4 rings (SSSR count). The Balaban J connectivity index is 1.53. The standard InChI is InChI=1S/C18H23N5O2/c24-17(15-3-1-5-20-15)23-8-2-4-18(13-23)12-22(9-10-25-14-18)16-11-19-6-7-21-16/h1,3,5-7,11,20H,2,4,8-10,12-14H2. The van der Waals surface area contributed by atoms with E-state index >= 15 is 0 Å². The van der Waals surface area contributed by atoms with Gasteiger partial charge in [-0.05, 0) is 25.0 Å². The van der Waals surface area contributed by atoms with Crippen LogP contribution in [0.4, 0.5) is 5.82 Å². The first kappa shape index (κ1) is 16.1. The van der Waals surface area contributed by atoms with Gasteiger partial charge in [-0.2, -0.15) is 0 Å². The van der Waals surface area contributed by atoms with Gasteiger partial charge in [-0.25, -0.2) is 4.98 Å². The summed E-state index contributed by atoms with van der Waals surface area (Å²) >= 11 is 0. The van der Waals surface area contributed by atoms with Crippen LogP contribution in [-0.2, 0) is 4.74 Å². The number of carbonyl (C=O) groups excluding carboxylic acids is 1. The number of aromatic amines is 1. The first-order chi connectivity index (χ1) is 12.3. The van der Waals surface area contributed by atoms with Crippen molar-refractivity contribution in [1.82, 2.24) is 19.9 Å². The molecule has 1 N–H and O–H groups in total. The molecule has 2 aromatic heterocycles. The molecule has 0 radical (unpaired) electrons. The summed E-state index contributed by atoms with van der Waals surface area (Å²) in [5, 5.41) is 0. The third-order valence-electron chi connectivity index (χ3n) is 5.09. The van der Waals surface area contributed by atoms with E-state index in [2.05, 4.69) is 19.9 Å². The van der Waals surface area contributed by atoms with E-state index < -0.39 is 0 Å². The van der Waals surface area contributed by atoms with Crippen LogP contribution >= 0.6 is 0 Å². The second-order valence-corrected chi connectivity index (χ2v) is 6.95. The zero-order chi connectivity index (χ0) is 17.1. The Morgan fingerprint density at radius 3 is 3.04 bits per heavy atom. The number of piperidine rings is 1. The lowest BCUT2D eigenvalue weighted by Gasteiger charge is -2.43. The van der Waals surface area contributed by atoms with E-state index in [4.69, 9.17) is 4.74 Å². The minimum atomic E-state index is -0.0610. The number of rotatable bonds is 2. The molecule has 0 bridgehead atoms. The van der Waals surface area contributed by atoms with Crippen molar-refractivity contribution in [2.24, 2.45) is 5.41 Å². The number of hydrogen-bond acceptors (Lipinski definition) is 5. The molecule has 25 heavy (non-hydrogen) atoms. The zero-order valence-electron chi connectivity index (χ0n) is 14.2. The first-order valence-corrected chi connectivity index (χ1v) is 8.77. The van der Waals surface area contributed by atoms with E-state index in [1.807, 2.05) is 17.0 Å². The normalized spacial score (nSPS) is 24.3. The third-order valence-corrected chi connectivity index (χ3v) is 5.09. The van der Waals surface area contributed by atoms with E-state index in [-0.39, 0.29) is 11.3 Å². The van der Waals surface area contributed by atoms with Gasteiger partial charge in [0.25, 0.3) is 5.91 Å². The molecule has 2 aliphatic heterocycles. The number of likely N-dealkylation sites (tertiary alicyclic amines) is 1. The summed E-state index contributed by atoms with van der Waals surface area (Å²) in [5.74, 6) is 0.944. The number of hydrogen-bond donors (Lipinski definition) is 1. The molecule has 2 saturated heterocycles. The zero-order valence-corrected chi connectivity index (χ0v) is 14.2. The molecule has 2 aromatic rings. The maximum absolute atomic E-state index is 12.7. The molecule has 1 unspecified atom stereocenters. The quantitative estimate of drug-likeness (QED) is 0.897. The summed E-state index contributed by atoms with van der Waals surface area (Å²) < 4.78 is 5.92. The van der Waals surface area contributed by atoms with Gasteiger partial charge in [0.15, 0.2) is 0 Å². The van der Waals surface area contributed by atoms with Crippen LogP contribution in [0.15, 0.2) is 36.9 Å². The number of aromatic nitrogens is 3. The minimum absolute atomic E-state index is 0.0610. The molecule has 4 heterocycles. The van der Waals surface area contributed by atoms with Crippen LogP contribution in [0.5, 0.6) is 0 Å². The number of amides is 1. The highest BCUT2D eigenvalue weighted by molar-refractivity contribution is 5.92. The maximum Gasteiger partial charge on any atom is 0.270 e. The van der Waals surface area contributed by atoms with Crippen molar-refractivity contribution in [3.05, 3.63) is 42.6 Å². The maximum atomic E-state index is 12.7. The molecular formula is C18H23N5O2. The van der Waals surface area contributed by atoms with Gasteiger partial charge in [-0.1, -0.05) is 0 Å². The average Bonchev–Trinajstić information content (AvgIpc) is 3.12. The Labute approximate surface area is 147 Å². The van der Waals surface area contributed by atoms with Gasteiger partial charge < -0.3 is 19.5 Å². The molecule has 1 amide bonds. The lowest BCUT2D eigenvalue weighted by atomic mass is 9.80. The van der Waals surface area contributed by atoms with Crippen molar-refractivity contribution in [3.8, 4) is 0 Å². The monoisotopic (exact) mass is 341 g/mol. The lowest BCUT2D eigenvalue weighted by molar-refractivity contribution is 0.0133. The van der Waals surface area contributed by atoms with Gasteiger partial charge >= 0.3 is 0 Å². The van der Waals surface area contributed by atoms with Gasteiger partial charge in [-0.3, -0.25) is 9.78 Å². The second kappa shape index (κ2) is 6.84. The van der Waals surface area contributed by atoms with Crippen molar-refractivity contribution in [3.63, 3.8) is 0 Å². The average molecular weight is 341 g/mol. The molecule has 0 saturated carbocycles. The molecule has 2 fully saturated rings. The summed E-state index contributed by atoms with van der Waals surface area (Å²) in [6.45, 7) is 4.48. The second-order valence-electron chi connectivity index (χ2n) is 6.95. The van der Waals surface area contributed by atoms with E-state index in [9.17, 15) is 4.79 Å². The van der Waals surface area contributed by atoms with Crippen molar-refractivity contribution < 1.29 is 9.53 Å². The van der Waals surface area contributed by atoms with E-state index in [0.717, 1.165) is 38.3 Å². The molecule has 132 valence electrons. The highest BCUT2D eigenvalue weighted by Gasteiger charge is 2.40. The molecular weight excluding hydrogens is 318 g/mol. The Morgan fingerprint density at radius 2 is 2.24 bits per heavy atom. The summed E-state index contributed by atoms with van der Waals surface area (Å²) in [6, 6.07) is 3.69. The molecule has 7 heteroatoms. The fraction of sp³-hybridized carbons (Fsp3) is 0.500. The number of nitrogens with one attached hydrogen (secondary N) is 1. The van der Waals surface area contributed by atoms with Crippen molar-refractivity contribution >= 4 is 11.7 Å². The minimum Gasteiger partial charge on any atom is -0.379 e. The summed E-state index contributed by atoms with van der Waals surface area (Å²) in [5.41, 5.74) is 0.589. The molecule has 2 aliphatic rings. The molecule has 0 aromatic carbocycles. The van der Waals surface area contributed by atoms with Crippen LogP contribution < -0.4 is 4.90 Å². The summed E-state index contributed by atoms with van der Waals surface area (Å²) in [4.78, 5) is 28.6. The number of H-pyrrole nitrogens is 1. The Morgan fingerprint density at radius 1 is 1.28 bits per heavy atom. The highest BCUT2D eigenvalue weighted by atomic mass is 16.5. The van der Waals surface area contributed by atoms with Gasteiger partial charge in [0.2, 0.25) is 0 Å². The van der Waals surface area contributed by atoms with Gasteiger partial charge in [-0.15, -0.1) is 0 Å². The van der Waals surface area contributed by atoms with E-state index in [1.54, 1.807) is 24.8 Å². The molecule has 1 atom stereocenters. The number of carbonyl (C=O) groups is 1. The van der Waals surface area contributed by atoms with Crippen LogP contribution in [0.2, 0.25) is 0 Å². The highest BCUT2D eigenvalue weighted by Crippen LogP contribution is 2.34. The molecule has 0 aliphatic carbocycles. The van der Waals surface area contributed by atoms with Crippen LogP contribution in [0.1, 0.15) is 23.3 Å². The first-order valence-electron chi connectivity index (χ1n) is 8.77. The number of ether oxygens (including phenoxy) is 1. The Hall–Kier alpha value is -2.41. The Kier molecular flexibility index (Phi) is 4.40. The predicted octanol–water partition coefficient (Wildman–Crippen LogP) is 1.56. The molecule has 1 spiro atoms. The van der Waals surface area contributed by atoms with Gasteiger partial charge in [0, 0.05) is 50.2 Å². The van der Waals surface area contributed by atoms with Crippen molar-refractivity contribution in [2.45, 2.75) is 12.8 Å². The van der Waals surface area contributed by atoms with Crippen LogP contribution in [0, 0.1) is 5.41 Å². The van der Waals surface area contributed by atoms with Gasteiger partial charge in [0.1, 0.15) is 11.5 Å². The predicted molar refractivity (Wildman–Crippen MR) is 93.4 cm³/mol. The number of nitrogens with zero attached hydrogens (tertiary/aromatic N) is 4.